The molecule has 2 aromatic rings. The van der Waals surface area contributed by atoms with Crippen LogP contribution in [0.1, 0.15) is 27.2 Å². The molecule has 1 aromatic heterocycles. The fraction of sp³-hybridized carbons (Fsp3) is 0.133. The molecule has 0 saturated heterocycles. The van der Waals surface area contributed by atoms with Crippen LogP contribution in [0, 0.1) is 12.3 Å². The fourth-order valence-electron chi connectivity index (χ4n) is 1.86. The van der Waals surface area contributed by atoms with Gasteiger partial charge < -0.3 is 14.3 Å². The molecule has 0 aliphatic rings. The van der Waals surface area contributed by atoms with Gasteiger partial charge in [0.05, 0.1) is 18.4 Å². The molecule has 0 unspecified atom stereocenters. The van der Waals surface area contributed by atoms with Gasteiger partial charge in [0, 0.05) is 11.6 Å². The second-order valence-electron chi connectivity index (χ2n) is 4.35. The summed E-state index contributed by atoms with van der Waals surface area (Å²) >= 11 is 0. The number of nitrogens with one attached hydrogen (secondary N) is 1. The zero-order valence-corrected chi connectivity index (χ0v) is 11.5. The molecule has 0 saturated carbocycles. The average Bonchev–Trinajstić information content (AvgIpc) is 2.45. The van der Waals surface area contributed by atoms with Crippen LogP contribution in [0.4, 0.5) is 0 Å². The molecule has 1 aromatic carbocycles. The summed E-state index contributed by atoms with van der Waals surface area (Å²) < 4.78 is 9.46. The third-order valence-corrected chi connectivity index (χ3v) is 2.90. The Balaban J connectivity index is 2.42. The van der Waals surface area contributed by atoms with Crippen LogP contribution in [0.15, 0.2) is 39.5 Å². The lowest BCUT2D eigenvalue weighted by atomic mass is 10.0. The number of carbonyl (C=O) groups excluding carboxylic acids is 1. The van der Waals surface area contributed by atoms with E-state index in [1.54, 1.807) is 0 Å². The molecule has 0 amide bonds. The van der Waals surface area contributed by atoms with E-state index in [0.29, 0.717) is 11.1 Å². The highest BCUT2D eigenvalue weighted by Crippen LogP contribution is 2.18. The molecule has 21 heavy (non-hydrogen) atoms. The van der Waals surface area contributed by atoms with E-state index in [1.165, 1.54) is 44.4 Å². The van der Waals surface area contributed by atoms with Crippen LogP contribution in [0.5, 0.6) is 5.75 Å². The van der Waals surface area contributed by atoms with E-state index in [4.69, 9.17) is 9.83 Å². The Morgan fingerprint density at radius 2 is 1.81 bits per heavy atom. The quantitative estimate of drug-likeness (QED) is 0.662. The fourth-order valence-corrected chi connectivity index (χ4v) is 1.86. The minimum atomic E-state index is -0.783. The van der Waals surface area contributed by atoms with Gasteiger partial charge in [0.2, 0.25) is 0 Å². The number of hydrogen-bond donors (Lipinski definition) is 2. The normalized spacial score (nSPS) is 10.2. The lowest BCUT2D eigenvalue weighted by Gasteiger charge is -2.06. The van der Waals surface area contributed by atoms with Gasteiger partial charge in [0.25, 0.3) is 0 Å². The molecule has 0 spiro atoms. The van der Waals surface area contributed by atoms with Crippen molar-refractivity contribution in [2.24, 2.45) is 0 Å². The number of benzene rings is 1. The van der Waals surface area contributed by atoms with Gasteiger partial charge in [-0.05, 0) is 19.1 Å². The van der Waals surface area contributed by atoms with Crippen LogP contribution in [-0.2, 0) is 4.74 Å². The Hall–Kier alpha value is -2.89. The van der Waals surface area contributed by atoms with Gasteiger partial charge in [-0.2, -0.15) is 0 Å². The first-order valence-electron chi connectivity index (χ1n) is 6.05. The highest BCUT2D eigenvalue weighted by Gasteiger charge is 2.17. The van der Waals surface area contributed by atoms with E-state index >= 15 is 0 Å². The number of carbonyl (C=O) groups is 1. The smallest absolute Gasteiger partial charge is 0.349 e. The molecule has 1 heterocycles. The number of ether oxygens (including phenoxy) is 1. The molecule has 0 atom stereocenters. The summed E-state index contributed by atoms with van der Waals surface area (Å²) in [6, 6.07) is 7.21. The summed E-state index contributed by atoms with van der Waals surface area (Å²) in [4.78, 5) is 23.1. The maximum absolute atomic E-state index is 11.8. The molecule has 2 rings (SSSR count). The van der Waals surface area contributed by atoms with Crippen LogP contribution in [-0.4, -0.2) is 23.9 Å². The van der Waals surface area contributed by atoms with Crippen molar-refractivity contribution in [2.75, 3.05) is 7.11 Å². The zero-order chi connectivity index (χ0) is 15.6. The maximum Gasteiger partial charge on any atom is 0.349 e. The van der Waals surface area contributed by atoms with Crippen LogP contribution in [0.3, 0.4) is 0 Å². The highest BCUT2D eigenvalue weighted by atomic mass is 16.5. The minimum Gasteiger partial charge on any atom is -0.507 e. The maximum atomic E-state index is 11.8. The van der Waals surface area contributed by atoms with Gasteiger partial charge in [0.15, 0.2) is 0 Å². The van der Waals surface area contributed by atoms with Crippen molar-refractivity contribution in [1.29, 1.82) is 5.41 Å². The predicted molar refractivity (Wildman–Crippen MR) is 75.1 cm³/mol. The van der Waals surface area contributed by atoms with Crippen molar-refractivity contribution >= 4 is 11.7 Å². The molecule has 6 nitrogen and oxygen atoms in total. The van der Waals surface area contributed by atoms with Crippen molar-refractivity contribution in [2.45, 2.75) is 6.92 Å². The number of aromatic hydroxyl groups is 1. The molecule has 0 fully saturated rings. The van der Waals surface area contributed by atoms with Gasteiger partial charge in [-0.15, -0.1) is 0 Å². The van der Waals surface area contributed by atoms with Crippen LogP contribution >= 0.6 is 0 Å². The lowest BCUT2D eigenvalue weighted by Crippen LogP contribution is -2.15. The molecule has 108 valence electrons. The van der Waals surface area contributed by atoms with Crippen molar-refractivity contribution in [3.8, 4) is 5.75 Å². The van der Waals surface area contributed by atoms with Crippen LogP contribution in [0.25, 0.3) is 0 Å². The molecule has 0 aliphatic carbocycles. The monoisotopic (exact) mass is 287 g/mol. The predicted octanol–water partition coefficient (Wildman–Crippen LogP) is 1.86. The van der Waals surface area contributed by atoms with Crippen LogP contribution < -0.4 is 5.63 Å². The Morgan fingerprint density at radius 3 is 2.33 bits per heavy atom. The van der Waals surface area contributed by atoms with Gasteiger partial charge >= 0.3 is 11.6 Å². The number of methoxy groups -OCH3 is 1. The van der Waals surface area contributed by atoms with Gasteiger partial charge in [-0.25, -0.2) is 9.59 Å². The highest BCUT2D eigenvalue weighted by molar-refractivity contribution is 6.12. The molecule has 0 radical (unpaired) electrons. The van der Waals surface area contributed by atoms with Gasteiger partial charge in [0.1, 0.15) is 17.1 Å². The Bertz CT molecular complexity index is 759. The van der Waals surface area contributed by atoms with E-state index in [9.17, 15) is 14.7 Å². The third-order valence-electron chi connectivity index (χ3n) is 2.90. The number of aryl methyl sites for hydroxylation is 1. The van der Waals surface area contributed by atoms with E-state index in [-0.39, 0.29) is 22.8 Å². The third kappa shape index (κ3) is 2.84. The van der Waals surface area contributed by atoms with Crippen molar-refractivity contribution < 1.29 is 19.1 Å². The second-order valence-corrected chi connectivity index (χ2v) is 4.35. The second kappa shape index (κ2) is 5.62. The van der Waals surface area contributed by atoms with Gasteiger partial charge in [-0.1, -0.05) is 12.1 Å². The largest absolute Gasteiger partial charge is 0.507 e. The van der Waals surface area contributed by atoms with E-state index < -0.39 is 11.6 Å². The Kier molecular flexibility index (Phi) is 3.89. The van der Waals surface area contributed by atoms with E-state index in [1.807, 2.05) is 0 Å². The summed E-state index contributed by atoms with van der Waals surface area (Å²) in [5.74, 6) is -0.549. The minimum absolute atomic E-state index is 0.183. The van der Waals surface area contributed by atoms with Crippen molar-refractivity contribution in [1.82, 2.24) is 0 Å². The molecule has 6 heteroatoms. The molecular weight excluding hydrogens is 274 g/mol. The molecular formula is C15H13NO5. The van der Waals surface area contributed by atoms with Crippen LogP contribution in [0.2, 0.25) is 0 Å². The number of hydrogen-bond acceptors (Lipinski definition) is 6. The van der Waals surface area contributed by atoms with E-state index in [2.05, 4.69) is 4.74 Å². The summed E-state index contributed by atoms with van der Waals surface area (Å²) in [6.45, 7) is 1.53. The molecule has 2 N–H and O–H groups in total. The standard InChI is InChI=1S/C15H13NO5/c1-8-7-11(17)12(15(19)21-8)13(16)9-3-5-10(6-4-9)14(18)20-2/h3-7,16-17H,1-2H3. The first-order valence-corrected chi connectivity index (χ1v) is 6.05. The van der Waals surface area contributed by atoms with E-state index in [0.717, 1.165) is 0 Å². The Morgan fingerprint density at radius 1 is 1.24 bits per heavy atom. The number of esters is 1. The lowest BCUT2D eigenvalue weighted by molar-refractivity contribution is 0.0600. The average molecular weight is 287 g/mol. The SMILES string of the molecule is COC(=O)c1ccc(C(=N)c2c(O)cc(C)oc2=O)cc1. The first-order chi connectivity index (χ1) is 9.93. The molecule has 0 aliphatic heterocycles. The summed E-state index contributed by atoms with van der Waals surface area (Å²) in [7, 11) is 1.27. The van der Waals surface area contributed by atoms with Gasteiger partial charge in [-0.3, -0.25) is 5.41 Å². The summed E-state index contributed by atoms with van der Waals surface area (Å²) in [6.07, 6.45) is 0. The first kappa shape index (κ1) is 14.5. The molecule has 0 bridgehead atoms. The summed E-state index contributed by atoms with van der Waals surface area (Å²) in [5.41, 5.74) is -0.484. The van der Waals surface area contributed by atoms with Crippen molar-refractivity contribution in [3.05, 3.63) is 63.2 Å². The van der Waals surface area contributed by atoms with Crippen molar-refractivity contribution in [3.63, 3.8) is 0 Å². The summed E-state index contributed by atoms with van der Waals surface area (Å²) in [5, 5.41) is 17.8. The Labute approximate surface area is 120 Å². The topological polar surface area (TPSA) is 101 Å². The number of rotatable bonds is 3. The zero-order valence-electron chi connectivity index (χ0n) is 11.5.